The van der Waals surface area contributed by atoms with Crippen molar-refractivity contribution in [3.8, 4) is 10.4 Å². The molecule has 4 rings (SSSR count). The average molecular weight is 405 g/mol. The minimum atomic E-state index is -0.267. The third-order valence-electron chi connectivity index (χ3n) is 4.06. The van der Waals surface area contributed by atoms with Gasteiger partial charge in [-0.3, -0.25) is 10.2 Å². The van der Waals surface area contributed by atoms with Crippen LogP contribution in [0.4, 0.5) is 15.9 Å². The molecule has 0 unspecified atom stereocenters. The van der Waals surface area contributed by atoms with Gasteiger partial charge in [0, 0.05) is 17.5 Å². The van der Waals surface area contributed by atoms with Crippen LogP contribution in [0.3, 0.4) is 0 Å². The number of amides is 1. The highest BCUT2D eigenvalue weighted by Gasteiger charge is 2.10. The summed E-state index contributed by atoms with van der Waals surface area (Å²) < 4.78 is 14.0. The van der Waals surface area contributed by atoms with Crippen molar-refractivity contribution in [2.24, 2.45) is 5.10 Å². The number of hydrazone groups is 1. The van der Waals surface area contributed by atoms with E-state index in [1.807, 2.05) is 18.2 Å². The molecule has 0 saturated carbocycles. The number of aromatic nitrogens is 2. The maximum Gasteiger partial charge on any atom is 0.221 e. The van der Waals surface area contributed by atoms with Crippen LogP contribution < -0.4 is 10.7 Å². The third-order valence-corrected chi connectivity index (χ3v) is 5.24. The molecule has 6 nitrogen and oxygen atoms in total. The highest BCUT2D eigenvalue weighted by atomic mass is 32.1. The van der Waals surface area contributed by atoms with E-state index in [9.17, 15) is 9.18 Å². The Morgan fingerprint density at radius 3 is 2.59 bits per heavy atom. The number of hydrogen-bond donors (Lipinski definition) is 2. The van der Waals surface area contributed by atoms with Gasteiger partial charge in [-0.05, 0) is 41.5 Å². The zero-order chi connectivity index (χ0) is 20.2. The van der Waals surface area contributed by atoms with Crippen molar-refractivity contribution in [1.29, 1.82) is 0 Å². The van der Waals surface area contributed by atoms with Crippen molar-refractivity contribution < 1.29 is 9.18 Å². The minimum Gasteiger partial charge on any atom is -0.326 e. The summed E-state index contributed by atoms with van der Waals surface area (Å²) in [7, 11) is 0. The standard InChI is InChI=1S/C21H16FN5OS/c1-13(28)26-17-8-2-14(3-9-17)11-25-27-21-20-18(23-12-24-21)10-19(29-20)15-4-6-16(22)7-5-15/h2-12H,1H3,(H,26,28)(H,23,24,27)/b25-11+. The second kappa shape index (κ2) is 8.15. The van der Waals surface area contributed by atoms with E-state index in [-0.39, 0.29) is 11.7 Å². The molecule has 0 aliphatic carbocycles. The zero-order valence-electron chi connectivity index (χ0n) is 15.4. The van der Waals surface area contributed by atoms with E-state index >= 15 is 0 Å². The molecule has 0 aliphatic rings. The molecule has 0 saturated heterocycles. The summed E-state index contributed by atoms with van der Waals surface area (Å²) in [5.74, 6) is 0.216. The summed E-state index contributed by atoms with van der Waals surface area (Å²) in [6.07, 6.45) is 3.14. The Balaban J connectivity index is 1.52. The van der Waals surface area contributed by atoms with Crippen LogP contribution in [0.25, 0.3) is 20.7 Å². The lowest BCUT2D eigenvalue weighted by molar-refractivity contribution is -0.114. The second-order valence-electron chi connectivity index (χ2n) is 6.23. The van der Waals surface area contributed by atoms with Crippen LogP contribution in [0.1, 0.15) is 12.5 Å². The third kappa shape index (κ3) is 4.44. The molecule has 2 aromatic heterocycles. The van der Waals surface area contributed by atoms with Crippen molar-refractivity contribution in [2.45, 2.75) is 6.92 Å². The fourth-order valence-electron chi connectivity index (χ4n) is 2.71. The first kappa shape index (κ1) is 18.7. The maximum absolute atomic E-state index is 13.2. The summed E-state index contributed by atoms with van der Waals surface area (Å²) in [6, 6.07) is 15.6. The first-order valence-electron chi connectivity index (χ1n) is 8.76. The summed E-state index contributed by atoms with van der Waals surface area (Å²) in [6.45, 7) is 1.47. The van der Waals surface area contributed by atoms with Gasteiger partial charge in [0.15, 0.2) is 5.82 Å². The summed E-state index contributed by atoms with van der Waals surface area (Å²) >= 11 is 1.51. The fraction of sp³-hybridized carbons (Fsp3) is 0.0476. The Morgan fingerprint density at radius 1 is 1.10 bits per heavy atom. The number of nitrogens with one attached hydrogen (secondary N) is 2. The van der Waals surface area contributed by atoms with Crippen molar-refractivity contribution >= 4 is 45.2 Å². The van der Waals surface area contributed by atoms with Gasteiger partial charge in [-0.15, -0.1) is 11.3 Å². The van der Waals surface area contributed by atoms with Crippen molar-refractivity contribution in [2.75, 3.05) is 10.7 Å². The Bertz CT molecular complexity index is 1190. The van der Waals surface area contributed by atoms with Crippen LogP contribution in [-0.4, -0.2) is 22.1 Å². The topological polar surface area (TPSA) is 79.3 Å². The Morgan fingerprint density at radius 2 is 1.86 bits per heavy atom. The first-order valence-corrected chi connectivity index (χ1v) is 9.57. The fourth-order valence-corrected chi connectivity index (χ4v) is 3.77. The van der Waals surface area contributed by atoms with Crippen LogP contribution >= 0.6 is 11.3 Å². The number of carbonyl (C=O) groups is 1. The van der Waals surface area contributed by atoms with E-state index < -0.39 is 0 Å². The number of anilines is 2. The predicted molar refractivity (Wildman–Crippen MR) is 115 cm³/mol. The molecule has 0 atom stereocenters. The van der Waals surface area contributed by atoms with E-state index in [0.29, 0.717) is 5.82 Å². The number of fused-ring (bicyclic) bond motifs is 1. The number of nitrogens with zero attached hydrogens (tertiary/aromatic N) is 3. The van der Waals surface area contributed by atoms with Gasteiger partial charge in [-0.1, -0.05) is 24.3 Å². The van der Waals surface area contributed by atoms with Crippen LogP contribution in [0, 0.1) is 5.82 Å². The van der Waals surface area contributed by atoms with Gasteiger partial charge < -0.3 is 5.32 Å². The molecule has 0 radical (unpaired) electrons. The number of rotatable bonds is 5. The SMILES string of the molecule is CC(=O)Nc1ccc(/C=N/Nc2ncnc3cc(-c4ccc(F)cc4)sc23)cc1. The van der Waals surface area contributed by atoms with Gasteiger partial charge in [-0.25, -0.2) is 14.4 Å². The van der Waals surface area contributed by atoms with Gasteiger partial charge in [0.25, 0.3) is 0 Å². The van der Waals surface area contributed by atoms with E-state index in [2.05, 4.69) is 25.8 Å². The molecule has 0 fully saturated rings. The van der Waals surface area contributed by atoms with Gasteiger partial charge in [0.2, 0.25) is 5.91 Å². The highest BCUT2D eigenvalue weighted by Crippen LogP contribution is 2.35. The van der Waals surface area contributed by atoms with E-state index in [0.717, 1.165) is 31.9 Å². The van der Waals surface area contributed by atoms with Crippen LogP contribution in [0.5, 0.6) is 0 Å². The summed E-state index contributed by atoms with van der Waals surface area (Å²) in [5, 5.41) is 6.97. The molecular weight excluding hydrogens is 389 g/mol. The van der Waals surface area contributed by atoms with Gasteiger partial charge in [-0.2, -0.15) is 5.10 Å². The van der Waals surface area contributed by atoms with E-state index in [4.69, 9.17) is 0 Å². The van der Waals surface area contributed by atoms with Gasteiger partial charge in [0.05, 0.1) is 16.4 Å². The van der Waals surface area contributed by atoms with Crippen LogP contribution in [0.15, 0.2) is 66.0 Å². The molecule has 29 heavy (non-hydrogen) atoms. The smallest absolute Gasteiger partial charge is 0.221 e. The number of halogens is 1. The molecule has 0 bridgehead atoms. The van der Waals surface area contributed by atoms with Crippen molar-refractivity contribution in [1.82, 2.24) is 9.97 Å². The quantitative estimate of drug-likeness (QED) is 0.366. The van der Waals surface area contributed by atoms with Crippen molar-refractivity contribution in [3.05, 3.63) is 72.3 Å². The summed E-state index contributed by atoms with van der Waals surface area (Å²) in [5.41, 5.74) is 6.27. The number of thiophene rings is 1. The Hall–Kier alpha value is -3.65. The lowest BCUT2D eigenvalue weighted by atomic mass is 10.2. The van der Waals surface area contributed by atoms with Gasteiger partial charge in [0.1, 0.15) is 12.1 Å². The zero-order valence-corrected chi connectivity index (χ0v) is 16.2. The first-order chi connectivity index (χ1) is 14.1. The second-order valence-corrected chi connectivity index (χ2v) is 7.28. The summed E-state index contributed by atoms with van der Waals surface area (Å²) in [4.78, 5) is 20.6. The molecule has 4 aromatic rings. The lowest BCUT2D eigenvalue weighted by Crippen LogP contribution is -2.05. The molecule has 8 heteroatoms. The number of carbonyl (C=O) groups excluding carboxylic acids is 1. The van der Waals surface area contributed by atoms with Crippen molar-refractivity contribution in [3.63, 3.8) is 0 Å². The van der Waals surface area contributed by atoms with E-state index in [1.165, 1.54) is 36.7 Å². The normalized spacial score (nSPS) is 11.1. The number of benzene rings is 2. The maximum atomic E-state index is 13.2. The monoisotopic (exact) mass is 405 g/mol. The number of hydrogen-bond acceptors (Lipinski definition) is 6. The molecule has 2 N–H and O–H groups in total. The molecule has 2 aromatic carbocycles. The Kier molecular flexibility index (Phi) is 5.26. The predicted octanol–water partition coefficient (Wildman–Crippen LogP) is 4.90. The lowest BCUT2D eigenvalue weighted by Gasteiger charge is -2.02. The minimum absolute atomic E-state index is 0.114. The largest absolute Gasteiger partial charge is 0.326 e. The average Bonchev–Trinajstić information content (AvgIpc) is 3.14. The molecule has 0 aliphatic heterocycles. The van der Waals surface area contributed by atoms with Crippen LogP contribution in [0.2, 0.25) is 0 Å². The molecule has 2 heterocycles. The van der Waals surface area contributed by atoms with E-state index in [1.54, 1.807) is 30.5 Å². The molecule has 0 spiro atoms. The molecule has 144 valence electrons. The Labute approximate surface area is 170 Å². The molecular formula is C21H16FN5OS. The van der Waals surface area contributed by atoms with Crippen LogP contribution in [-0.2, 0) is 4.79 Å². The van der Waals surface area contributed by atoms with Gasteiger partial charge >= 0.3 is 0 Å². The highest BCUT2D eigenvalue weighted by molar-refractivity contribution is 7.22. The molecule has 1 amide bonds.